The molecule has 0 radical (unpaired) electrons. The zero-order valence-electron chi connectivity index (χ0n) is 10.1. The Morgan fingerprint density at radius 3 is 2.83 bits per heavy atom. The molecule has 6 nitrogen and oxygen atoms in total. The van der Waals surface area contributed by atoms with Gasteiger partial charge in [-0.25, -0.2) is 13.4 Å². The quantitative estimate of drug-likeness (QED) is 0.822. The van der Waals surface area contributed by atoms with E-state index in [1.54, 1.807) is 6.92 Å². The van der Waals surface area contributed by atoms with E-state index in [4.69, 9.17) is 0 Å². The van der Waals surface area contributed by atoms with Crippen molar-refractivity contribution in [2.45, 2.75) is 19.9 Å². The summed E-state index contributed by atoms with van der Waals surface area (Å²) < 4.78 is 27.6. The van der Waals surface area contributed by atoms with Crippen LogP contribution in [0, 0.1) is 6.92 Å². The number of fused-ring (bicyclic) bond motifs is 1. The summed E-state index contributed by atoms with van der Waals surface area (Å²) in [6.45, 7) is 2.12. The van der Waals surface area contributed by atoms with Crippen molar-refractivity contribution >= 4 is 31.6 Å². The third kappa shape index (κ3) is 2.75. The van der Waals surface area contributed by atoms with E-state index in [0.717, 1.165) is 0 Å². The minimum atomic E-state index is -2.99. The van der Waals surface area contributed by atoms with Gasteiger partial charge in [0.25, 0.3) is 5.56 Å². The smallest absolute Gasteiger partial charge is 0.263 e. The Morgan fingerprint density at radius 2 is 2.17 bits per heavy atom. The molecule has 0 saturated heterocycles. The van der Waals surface area contributed by atoms with Crippen LogP contribution in [0.25, 0.3) is 10.2 Å². The maximum absolute atomic E-state index is 12.1. The molecule has 0 fully saturated rings. The van der Waals surface area contributed by atoms with Gasteiger partial charge in [-0.1, -0.05) is 0 Å². The van der Waals surface area contributed by atoms with Gasteiger partial charge in [-0.15, -0.1) is 0 Å². The number of hydrogen-bond acceptors (Lipinski definition) is 6. The summed E-state index contributed by atoms with van der Waals surface area (Å²) in [4.78, 5) is 16.9. The van der Waals surface area contributed by atoms with Crippen molar-refractivity contribution in [3.05, 3.63) is 22.4 Å². The molecular weight excluding hydrogens is 274 g/mol. The molecule has 2 heterocycles. The van der Waals surface area contributed by atoms with Gasteiger partial charge in [-0.3, -0.25) is 9.36 Å². The molecule has 2 aromatic heterocycles. The Hall–Kier alpha value is -1.28. The zero-order chi connectivity index (χ0) is 13.3. The molecule has 18 heavy (non-hydrogen) atoms. The summed E-state index contributed by atoms with van der Waals surface area (Å²) in [6, 6.07) is 0. The molecule has 0 atom stereocenters. The van der Waals surface area contributed by atoms with Crippen LogP contribution in [0.2, 0.25) is 0 Å². The molecule has 0 aliphatic rings. The number of rotatable bonds is 4. The van der Waals surface area contributed by atoms with E-state index in [1.807, 2.05) is 0 Å². The van der Waals surface area contributed by atoms with Gasteiger partial charge >= 0.3 is 0 Å². The Bertz CT molecular complexity index is 730. The molecule has 2 rings (SSSR count). The second kappa shape index (κ2) is 4.77. The largest absolute Gasteiger partial charge is 0.299 e. The first kappa shape index (κ1) is 13.2. The molecule has 0 aromatic carbocycles. The van der Waals surface area contributed by atoms with Gasteiger partial charge in [0.05, 0.1) is 23.2 Å². The van der Waals surface area contributed by atoms with Crippen molar-refractivity contribution in [3.63, 3.8) is 0 Å². The van der Waals surface area contributed by atoms with Gasteiger partial charge in [0, 0.05) is 12.8 Å². The SMILES string of the molecule is Cc1nsc2ncn(CCCS(C)(=O)=O)c(=O)c12. The average molecular weight is 287 g/mol. The van der Waals surface area contributed by atoms with Gasteiger partial charge < -0.3 is 0 Å². The Morgan fingerprint density at radius 1 is 1.44 bits per heavy atom. The maximum Gasteiger partial charge on any atom is 0.263 e. The lowest BCUT2D eigenvalue weighted by Gasteiger charge is -2.04. The Labute approximate surface area is 108 Å². The second-order valence-electron chi connectivity index (χ2n) is 4.17. The first-order valence-corrected chi connectivity index (χ1v) is 8.21. The van der Waals surface area contributed by atoms with E-state index < -0.39 is 9.84 Å². The fourth-order valence-electron chi connectivity index (χ4n) is 1.67. The molecule has 0 aliphatic heterocycles. The van der Waals surface area contributed by atoms with Gasteiger partial charge in [0.2, 0.25) is 0 Å². The summed E-state index contributed by atoms with van der Waals surface area (Å²) in [7, 11) is -2.99. The summed E-state index contributed by atoms with van der Waals surface area (Å²) >= 11 is 1.19. The molecule has 0 amide bonds. The van der Waals surface area contributed by atoms with Crippen LogP contribution >= 0.6 is 11.5 Å². The maximum atomic E-state index is 12.1. The zero-order valence-corrected chi connectivity index (χ0v) is 11.7. The Balaban J connectivity index is 2.27. The fraction of sp³-hybridized carbons (Fsp3) is 0.500. The summed E-state index contributed by atoms with van der Waals surface area (Å²) in [5.41, 5.74) is 0.518. The van der Waals surface area contributed by atoms with Crippen molar-refractivity contribution in [1.29, 1.82) is 0 Å². The monoisotopic (exact) mass is 287 g/mol. The van der Waals surface area contributed by atoms with E-state index >= 15 is 0 Å². The lowest BCUT2D eigenvalue weighted by molar-refractivity contribution is 0.588. The predicted octanol–water partition coefficient (Wildman–Crippen LogP) is 0.596. The van der Waals surface area contributed by atoms with E-state index in [0.29, 0.717) is 28.9 Å². The fourth-order valence-corrected chi connectivity index (χ4v) is 3.06. The van der Waals surface area contributed by atoms with Crippen LogP contribution in [0.5, 0.6) is 0 Å². The predicted molar refractivity (Wildman–Crippen MR) is 70.7 cm³/mol. The van der Waals surface area contributed by atoms with Crippen molar-refractivity contribution < 1.29 is 8.42 Å². The van der Waals surface area contributed by atoms with Crippen molar-refractivity contribution in [2.75, 3.05) is 12.0 Å². The van der Waals surface area contributed by atoms with Crippen LogP contribution in [0.1, 0.15) is 12.1 Å². The van der Waals surface area contributed by atoms with E-state index in [1.165, 1.54) is 28.7 Å². The van der Waals surface area contributed by atoms with Gasteiger partial charge in [0.1, 0.15) is 9.84 Å². The minimum absolute atomic E-state index is 0.0678. The lowest BCUT2D eigenvalue weighted by Crippen LogP contribution is -2.21. The number of aryl methyl sites for hydroxylation is 2. The lowest BCUT2D eigenvalue weighted by atomic mass is 10.3. The third-order valence-electron chi connectivity index (χ3n) is 2.55. The molecule has 0 spiro atoms. The van der Waals surface area contributed by atoms with E-state index in [-0.39, 0.29) is 11.3 Å². The number of aromatic nitrogens is 3. The van der Waals surface area contributed by atoms with Gasteiger partial charge in [0.15, 0.2) is 4.83 Å². The molecule has 2 aromatic rings. The molecule has 98 valence electrons. The summed E-state index contributed by atoms with van der Waals surface area (Å²) in [6.07, 6.45) is 3.04. The second-order valence-corrected chi connectivity index (χ2v) is 7.19. The molecule has 0 unspecified atom stereocenters. The average Bonchev–Trinajstić information content (AvgIpc) is 2.63. The number of nitrogens with zero attached hydrogens (tertiary/aromatic N) is 3. The standard InChI is InChI=1S/C10H13N3O3S2/c1-7-8-9(17-12-7)11-6-13(10(8)14)4-3-5-18(2,15)16/h6H,3-5H2,1-2H3. The summed E-state index contributed by atoms with van der Waals surface area (Å²) in [5, 5.41) is 0.529. The van der Waals surface area contributed by atoms with Crippen molar-refractivity contribution in [1.82, 2.24) is 13.9 Å². The van der Waals surface area contributed by atoms with Crippen LogP contribution < -0.4 is 5.56 Å². The first-order valence-electron chi connectivity index (χ1n) is 5.37. The molecule has 8 heteroatoms. The topological polar surface area (TPSA) is 81.9 Å². The number of sulfone groups is 1. The minimum Gasteiger partial charge on any atom is -0.299 e. The van der Waals surface area contributed by atoms with Crippen molar-refractivity contribution in [2.24, 2.45) is 0 Å². The molecule has 0 bridgehead atoms. The van der Waals surface area contributed by atoms with Crippen LogP contribution in [0.15, 0.2) is 11.1 Å². The Kier molecular flexibility index (Phi) is 3.49. The number of hydrogen-bond donors (Lipinski definition) is 0. The molecule has 0 saturated carbocycles. The summed E-state index contributed by atoms with van der Waals surface area (Å²) in [5.74, 6) is 0.0678. The third-order valence-corrected chi connectivity index (χ3v) is 4.43. The highest BCUT2D eigenvalue weighted by molar-refractivity contribution is 7.90. The normalized spacial score (nSPS) is 12.1. The van der Waals surface area contributed by atoms with Crippen LogP contribution in [0.4, 0.5) is 0 Å². The van der Waals surface area contributed by atoms with E-state index in [9.17, 15) is 13.2 Å². The molecule has 0 aliphatic carbocycles. The molecule has 0 N–H and O–H groups in total. The molecular formula is C10H13N3O3S2. The van der Waals surface area contributed by atoms with Gasteiger partial charge in [-0.2, -0.15) is 4.37 Å². The van der Waals surface area contributed by atoms with Crippen LogP contribution in [0.3, 0.4) is 0 Å². The highest BCUT2D eigenvalue weighted by atomic mass is 32.2. The first-order chi connectivity index (χ1) is 8.38. The van der Waals surface area contributed by atoms with Crippen LogP contribution in [-0.2, 0) is 16.4 Å². The highest BCUT2D eigenvalue weighted by Gasteiger charge is 2.10. The van der Waals surface area contributed by atoms with E-state index in [2.05, 4.69) is 9.36 Å². The van der Waals surface area contributed by atoms with Gasteiger partial charge in [-0.05, 0) is 24.9 Å². The van der Waals surface area contributed by atoms with Crippen molar-refractivity contribution in [3.8, 4) is 0 Å². The highest BCUT2D eigenvalue weighted by Crippen LogP contribution is 2.15. The van der Waals surface area contributed by atoms with Crippen LogP contribution in [-0.4, -0.2) is 34.4 Å².